The Balaban J connectivity index is 2.13. The lowest BCUT2D eigenvalue weighted by Crippen LogP contribution is -2.28. The van der Waals surface area contributed by atoms with Crippen molar-refractivity contribution in [2.75, 3.05) is 13.2 Å². The minimum atomic E-state index is -0.0990. The highest BCUT2D eigenvalue weighted by Crippen LogP contribution is 2.14. The summed E-state index contributed by atoms with van der Waals surface area (Å²) in [4.78, 5) is 0. The minimum Gasteiger partial charge on any atom is -0.394 e. The molecule has 0 bridgehead atoms. The number of rotatable bonds is 3. The van der Waals surface area contributed by atoms with Crippen LogP contribution in [0, 0.1) is 0 Å². The van der Waals surface area contributed by atoms with Crippen LogP contribution in [0.2, 0.25) is 0 Å². The average Bonchev–Trinajstić information content (AvgIpc) is 2.06. The predicted octanol–water partition coefficient (Wildman–Crippen LogP) is 0.910. The Kier molecular flexibility index (Phi) is 3.83. The van der Waals surface area contributed by atoms with Gasteiger partial charge in [0.25, 0.3) is 0 Å². The van der Waals surface area contributed by atoms with Gasteiger partial charge in [-0.15, -0.1) is 0 Å². The second kappa shape index (κ2) is 4.70. The summed E-state index contributed by atoms with van der Waals surface area (Å²) >= 11 is 0. The molecule has 2 atom stereocenters. The molecule has 0 spiro atoms. The van der Waals surface area contributed by atoms with Gasteiger partial charge in [0, 0.05) is 6.61 Å². The van der Waals surface area contributed by atoms with E-state index < -0.39 is 0 Å². The zero-order valence-electron chi connectivity index (χ0n) is 6.95. The van der Waals surface area contributed by atoms with Crippen molar-refractivity contribution in [1.82, 2.24) is 0 Å². The summed E-state index contributed by atoms with van der Waals surface area (Å²) in [5.74, 6) is 0. The second-order valence-corrected chi connectivity index (χ2v) is 2.93. The highest BCUT2D eigenvalue weighted by Gasteiger charge is 2.16. The fourth-order valence-electron chi connectivity index (χ4n) is 1.12. The fourth-order valence-corrected chi connectivity index (χ4v) is 1.12. The van der Waals surface area contributed by atoms with E-state index in [4.69, 9.17) is 14.6 Å². The average molecular weight is 160 g/mol. The molecule has 1 unspecified atom stereocenters. The van der Waals surface area contributed by atoms with Crippen molar-refractivity contribution in [2.24, 2.45) is 0 Å². The van der Waals surface area contributed by atoms with E-state index in [9.17, 15) is 0 Å². The molecule has 0 aromatic carbocycles. The van der Waals surface area contributed by atoms with E-state index in [0.29, 0.717) is 0 Å². The van der Waals surface area contributed by atoms with Crippen molar-refractivity contribution in [2.45, 2.75) is 38.6 Å². The molecule has 1 saturated heterocycles. The summed E-state index contributed by atoms with van der Waals surface area (Å²) in [6.07, 6.45) is 3.09. The largest absolute Gasteiger partial charge is 0.394 e. The zero-order valence-corrected chi connectivity index (χ0v) is 6.95. The van der Waals surface area contributed by atoms with Crippen LogP contribution in [0.1, 0.15) is 26.2 Å². The summed E-state index contributed by atoms with van der Waals surface area (Å²) < 4.78 is 10.7. The molecule has 0 amide bonds. The van der Waals surface area contributed by atoms with Crippen LogP contribution in [-0.2, 0) is 9.47 Å². The number of ether oxygens (including phenoxy) is 2. The summed E-state index contributed by atoms with van der Waals surface area (Å²) in [7, 11) is 0. The molecule has 66 valence electrons. The van der Waals surface area contributed by atoms with Gasteiger partial charge in [-0.05, 0) is 26.2 Å². The molecule has 1 aliphatic rings. The van der Waals surface area contributed by atoms with Crippen molar-refractivity contribution >= 4 is 0 Å². The SMILES string of the molecule is CC(CO)O[C@@H]1CCCCO1. The summed E-state index contributed by atoms with van der Waals surface area (Å²) in [6.45, 7) is 2.71. The van der Waals surface area contributed by atoms with E-state index in [1.54, 1.807) is 0 Å². The Morgan fingerprint density at radius 1 is 1.64 bits per heavy atom. The molecule has 0 aliphatic carbocycles. The van der Waals surface area contributed by atoms with Crippen LogP contribution in [0.25, 0.3) is 0 Å². The van der Waals surface area contributed by atoms with E-state index in [-0.39, 0.29) is 19.0 Å². The first-order valence-electron chi connectivity index (χ1n) is 4.21. The van der Waals surface area contributed by atoms with Crippen molar-refractivity contribution in [1.29, 1.82) is 0 Å². The third-order valence-corrected chi connectivity index (χ3v) is 1.78. The van der Waals surface area contributed by atoms with Gasteiger partial charge >= 0.3 is 0 Å². The molecule has 0 radical (unpaired) electrons. The van der Waals surface area contributed by atoms with E-state index in [0.717, 1.165) is 19.4 Å². The van der Waals surface area contributed by atoms with Crippen molar-refractivity contribution in [3.05, 3.63) is 0 Å². The third-order valence-electron chi connectivity index (χ3n) is 1.78. The van der Waals surface area contributed by atoms with E-state index in [1.807, 2.05) is 6.92 Å². The van der Waals surface area contributed by atoms with Crippen LogP contribution in [0.3, 0.4) is 0 Å². The van der Waals surface area contributed by atoms with Crippen LogP contribution < -0.4 is 0 Å². The lowest BCUT2D eigenvalue weighted by molar-refractivity contribution is -0.190. The van der Waals surface area contributed by atoms with Crippen molar-refractivity contribution in [3.63, 3.8) is 0 Å². The molecule has 1 fully saturated rings. The minimum absolute atomic E-state index is 0.0693. The van der Waals surface area contributed by atoms with E-state index in [1.165, 1.54) is 6.42 Å². The lowest BCUT2D eigenvalue weighted by atomic mass is 10.2. The second-order valence-electron chi connectivity index (χ2n) is 2.93. The number of hydrogen-bond donors (Lipinski definition) is 1. The maximum Gasteiger partial charge on any atom is 0.158 e. The molecule has 1 rings (SSSR count). The van der Waals surface area contributed by atoms with Gasteiger partial charge in [-0.25, -0.2) is 0 Å². The molecule has 1 aliphatic heterocycles. The van der Waals surface area contributed by atoms with Crippen LogP contribution in [0.5, 0.6) is 0 Å². The Morgan fingerprint density at radius 2 is 2.45 bits per heavy atom. The molecule has 0 aromatic rings. The molecule has 3 nitrogen and oxygen atoms in total. The van der Waals surface area contributed by atoms with Gasteiger partial charge in [0.15, 0.2) is 6.29 Å². The first-order valence-corrected chi connectivity index (χ1v) is 4.21. The quantitative estimate of drug-likeness (QED) is 0.667. The number of hydrogen-bond acceptors (Lipinski definition) is 3. The van der Waals surface area contributed by atoms with E-state index >= 15 is 0 Å². The van der Waals surface area contributed by atoms with Crippen LogP contribution in [0.4, 0.5) is 0 Å². The topological polar surface area (TPSA) is 38.7 Å². The van der Waals surface area contributed by atoms with Gasteiger partial charge in [-0.2, -0.15) is 0 Å². The normalized spacial score (nSPS) is 28.4. The Bertz CT molecular complexity index is 99.5. The molecule has 1 heterocycles. The highest BCUT2D eigenvalue weighted by atomic mass is 16.7. The summed E-state index contributed by atoms with van der Waals surface area (Å²) in [5.41, 5.74) is 0. The molecule has 3 heteroatoms. The van der Waals surface area contributed by atoms with Gasteiger partial charge in [0.05, 0.1) is 12.7 Å². The van der Waals surface area contributed by atoms with E-state index in [2.05, 4.69) is 0 Å². The number of aliphatic hydroxyl groups excluding tert-OH is 1. The molecule has 11 heavy (non-hydrogen) atoms. The van der Waals surface area contributed by atoms with Gasteiger partial charge in [0.1, 0.15) is 0 Å². The summed E-state index contributed by atoms with van der Waals surface area (Å²) in [5, 5.41) is 8.68. The molecular weight excluding hydrogens is 144 g/mol. The Labute approximate surface area is 67.3 Å². The third kappa shape index (κ3) is 3.18. The Morgan fingerprint density at radius 3 is 3.00 bits per heavy atom. The van der Waals surface area contributed by atoms with Crippen LogP contribution in [0.15, 0.2) is 0 Å². The number of aliphatic hydroxyl groups is 1. The first-order chi connectivity index (χ1) is 5.33. The van der Waals surface area contributed by atoms with Crippen molar-refractivity contribution in [3.8, 4) is 0 Å². The molecular formula is C8H16O3. The van der Waals surface area contributed by atoms with Crippen LogP contribution in [-0.4, -0.2) is 30.7 Å². The standard InChI is InChI=1S/C8H16O3/c1-7(6-9)11-8-4-2-3-5-10-8/h7-9H,2-6H2,1H3/t7?,8-/m1/s1. The molecule has 0 aromatic heterocycles. The Hall–Kier alpha value is -0.120. The van der Waals surface area contributed by atoms with Crippen molar-refractivity contribution < 1.29 is 14.6 Å². The smallest absolute Gasteiger partial charge is 0.158 e. The lowest BCUT2D eigenvalue weighted by Gasteiger charge is -2.25. The van der Waals surface area contributed by atoms with Gasteiger partial charge in [-0.3, -0.25) is 0 Å². The van der Waals surface area contributed by atoms with Crippen LogP contribution >= 0.6 is 0 Å². The maximum absolute atomic E-state index is 8.68. The maximum atomic E-state index is 8.68. The fraction of sp³-hybridized carbons (Fsp3) is 1.00. The monoisotopic (exact) mass is 160 g/mol. The van der Waals surface area contributed by atoms with Gasteiger partial charge in [-0.1, -0.05) is 0 Å². The van der Waals surface area contributed by atoms with Gasteiger partial charge < -0.3 is 14.6 Å². The zero-order chi connectivity index (χ0) is 8.10. The first kappa shape index (κ1) is 8.97. The summed E-state index contributed by atoms with van der Waals surface area (Å²) in [6, 6.07) is 0. The molecule has 1 N–H and O–H groups in total. The highest BCUT2D eigenvalue weighted by molar-refractivity contribution is 4.56. The predicted molar refractivity (Wildman–Crippen MR) is 41.2 cm³/mol. The molecule has 0 saturated carbocycles. The van der Waals surface area contributed by atoms with Gasteiger partial charge in [0.2, 0.25) is 0 Å².